The minimum Gasteiger partial charge on any atom is -0.469 e. The Labute approximate surface area is 191 Å². The summed E-state index contributed by atoms with van der Waals surface area (Å²) >= 11 is 0. The molecule has 33 heavy (non-hydrogen) atoms. The predicted molar refractivity (Wildman–Crippen MR) is 130 cm³/mol. The first-order valence-electron chi connectivity index (χ1n) is 10.6. The minimum absolute atomic E-state index is 0.261. The fraction of sp³-hybridized carbons (Fsp3) is 0.111. The van der Waals surface area contributed by atoms with Gasteiger partial charge in [-0.05, 0) is 54.5 Å². The van der Waals surface area contributed by atoms with Gasteiger partial charge in [-0.15, -0.1) is 0 Å². The Balaban J connectivity index is 1.46. The van der Waals surface area contributed by atoms with Gasteiger partial charge in [0.05, 0.1) is 11.2 Å². The van der Waals surface area contributed by atoms with Crippen LogP contribution in [-0.2, 0) is 6.61 Å². The van der Waals surface area contributed by atoms with Gasteiger partial charge < -0.3 is 9.64 Å². The third-order valence-electron chi connectivity index (χ3n) is 5.13. The summed E-state index contributed by atoms with van der Waals surface area (Å²) in [4.78, 5) is 20.2. The summed E-state index contributed by atoms with van der Waals surface area (Å²) in [5.41, 5.74) is 5.35. The highest BCUT2D eigenvalue weighted by atomic mass is 16.5. The van der Waals surface area contributed by atoms with Crippen LogP contribution in [0.1, 0.15) is 17.0 Å². The topological polar surface area (TPSA) is 64.0 Å². The lowest BCUT2D eigenvalue weighted by Crippen LogP contribution is -2.07. The zero-order valence-corrected chi connectivity index (χ0v) is 18.4. The van der Waals surface area contributed by atoms with Gasteiger partial charge in [-0.3, -0.25) is 0 Å². The molecule has 6 nitrogen and oxygen atoms in total. The molecule has 0 bridgehead atoms. The molecule has 0 aliphatic carbocycles. The third kappa shape index (κ3) is 4.58. The first-order valence-corrected chi connectivity index (χ1v) is 10.6. The van der Waals surface area contributed by atoms with Crippen LogP contribution >= 0.6 is 0 Å². The second-order valence-corrected chi connectivity index (χ2v) is 7.70. The van der Waals surface area contributed by atoms with Crippen LogP contribution in [0.3, 0.4) is 0 Å². The number of ether oxygens (including phenoxy) is 1. The molecule has 0 amide bonds. The maximum absolute atomic E-state index is 6.05. The summed E-state index contributed by atoms with van der Waals surface area (Å²) in [5.74, 6) is 6.64. The van der Waals surface area contributed by atoms with Crippen molar-refractivity contribution in [1.29, 1.82) is 0 Å². The fourth-order valence-corrected chi connectivity index (χ4v) is 3.37. The van der Waals surface area contributed by atoms with Crippen molar-refractivity contribution in [2.24, 2.45) is 0 Å². The van der Waals surface area contributed by atoms with E-state index in [-0.39, 0.29) is 6.61 Å². The van der Waals surface area contributed by atoms with Gasteiger partial charge in [0.25, 0.3) is 0 Å². The Morgan fingerprint density at radius 2 is 1.61 bits per heavy atom. The molecule has 0 radical (unpaired) electrons. The Morgan fingerprint density at radius 3 is 2.45 bits per heavy atom. The summed E-state index contributed by atoms with van der Waals surface area (Å²) in [7, 11) is 4.01. The van der Waals surface area contributed by atoms with Gasteiger partial charge in [-0.2, -0.15) is 0 Å². The molecule has 0 atom stereocenters. The Bertz CT molecular complexity index is 1500. The molecule has 5 aromatic rings. The van der Waals surface area contributed by atoms with Gasteiger partial charge in [0.1, 0.15) is 12.1 Å². The maximum atomic E-state index is 6.05. The molecule has 5 rings (SSSR count). The zero-order valence-electron chi connectivity index (χ0n) is 18.4. The molecule has 6 heteroatoms. The molecule has 0 aliphatic rings. The van der Waals surface area contributed by atoms with Gasteiger partial charge in [0.15, 0.2) is 11.3 Å². The highest BCUT2D eigenvalue weighted by molar-refractivity contribution is 5.78. The minimum atomic E-state index is 0.261. The summed E-state index contributed by atoms with van der Waals surface area (Å²) in [6.07, 6.45) is 1.69. The van der Waals surface area contributed by atoms with Crippen LogP contribution in [-0.4, -0.2) is 34.0 Å². The normalized spacial score (nSPS) is 10.6. The largest absolute Gasteiger partial charge is 0.469 e. The molecule has 2 aromatic carbocycles. The Kier molecular flexibility index (Phi) is 5.52. The van der Waals surface area contributed by atoms with Crippen LogP contribution < -0.4 is 9.64 Å². The molecule has 0 N–H and O–H groups in total. The number of fused-ring (bicyclic) bond motifs is 2. The molecule has 0 saturated carbocycles. The molecule has 160 valence electrons. The highest BCUT2D eigenvalue weighted by Gasteiger charge is 2.10. The number of benzene rings is 2. The molecule has 0 unspecified atom stereocenters. The van der Waals surface area contributed by atoms with E-state index in [1.54, 1.807) is 6.20 Å². The van der Waals surface area contributed by atoms with Crippen molar-refractivity contribution in [1.82, 2.24) is 19.9 Å². The van der Waals surface area contributed by atoms with E-state index >= 15 is 0 Å². The van der Waals surface area contributed by atoms with E-state index in [1.807, 2.05) is 91.8 Å². The van der Waals surface area contributed by atoms with E-state index in [4.69, 9.17) is 4.74 Å². The molecular weight excluding hydrogens is 410 g/mol. The molecular formula is C27H21N5O. The van der Waals surface area contributed by atoms with Crippen LogP contribution in [0.4, 0.5) is 5.69 Å². The molecule has 0 aliphatic heterocycles. The number of para-hydroxylation sites is 1. The summed E-state index contributed by atoms with van der Waals surface area (Å²) in [5, 5.41) is 1.09. The quantitative estimate of drug-likeness (QED) is 0.387. The van der Waals surface area contributed by atoms with E-state index < -0.39 is 0 Å². The van der Waals surface area contributed by atoms with E-state index in [0.717, 1.165) is 27.8 Å². The SMILES string of the molecule is CN(C)c1ccc(C#Cc2nc3ncccc3nc2OCc2ccc3ccccc3n2)cc1. The first kappa shape index (κ1) is 20.4. The van der Waals surface area contributed by atoms with Gasteiger partial charge in [-0.25, -0.2) is 19.9 Å². The van der Waals surface area contributed by atoms with Gasteiger partial charge in [0.2, 0.25) is 5.88 Å². The van der Waals surface area contributed by atoms with Gasteiger partial charge in [0, 0.05) is 36.9 Å². The van der Waals surface area contributed by atoms with Crippen LogP contribution in [0, 0.1) is 11.8 Å². The van der Waals surface area contributed by atoms with Crippen molar-refractivity contribution in [3.63, 3.8) is 0 Å². The van der Waals surface area contributed by atoms with Crippen LogP contribution in [0.5, 0.6) is 5.88 Å². The molecule has 3 aromatic heterocycles. The second kappa shape index (κ2) is 8.93. The number of anilines is 1. The smallest absolute Gasteiger partial charge is 0.250 e. The fourth-order valence-electron chi connectivity index (χ4n) is 3.37. The van der Waals surface area contributed by atoms with Crippen molar-refractivity contribution in [2.75, 3.05) is 19.0 Å². The van der Waals surface area contributed by atoms with Gasteiger partial charge >= 0.3 is 0 Å². The lowest BCUT2D eigenvalue weighted by molar-refractivity contribution is 0.288. The average Bonchev–Trinajstić information content (AvgIpc) is 2.86. The van der Waals surface area contributed by atoms with Crippen LogP contribution in [0.15, 0.2) is 79.0 Å². The van der Waals surface area contributed by atoms with E-state index in [0.29, 0.717) is 22.7 Å². The number of pyridine rings is 2. The molecule has 3 heterocycles. The van der Waals surface area contributed by atoms with Crippen molar-refractivity contribution in [2.45, 2.75) is 6.61 Å². The van der Waals surface area contributed by atoms with Crippen molar-refractivity contribution in [3.8, 4) is 17.7 Å². The summed E-state index contributed by atoms with van der Waals surface area (Å²) in [6, 6.07) is 23.7. The summed E-state index contributed by atoms with van der Waals surface area (Å²) < 4.78 is 6.05. The van der Waals surface area contributed by atoms with Crippen molar-refractivity contribution < 1.29 is 4.74 Å². The van der Waals surface area contributed by atoms with Crippen LogP contribution in [0.25, 0.3) is 22.1 Å². The van der Waals surface area contributed by atoms with Crippen molar-refractivity contribution >= 4 is 27.8 Å². The van der Waals surface area contributed by atoms with E-state index in [2.05, 4.69) is 31.8 Å². The lowest BCUT2D eigenvalue weighted by atomic mass is 10.2. The Hall–Kier alpha value is -4.50. The second-order valence-electron chi connectivity index (χ2n) is 7.70. The molecule has 0 spiro atoms. The monoisotopic (exact) mass is 431 g/mol. The van der Waals surface area contributed by atoms with E-state index in [9.17, 15) is 0 Å². The summed E-state index contributed by atoms with van der Waals surface area (Å²) in [6.45, 7) is 0.261. The molecule has 0 saturated heterocycles. The standard InChI is InChI=1S/C27H21N5O/c1-32(2)22-14-9-19(10-15-22)11-16-25-27(31-24-8-5-17-28-26(24)30-25)33-18-21-13-12-20-6-3-4-7-23(20)29-21/h3-10,12-15,17H,18H2,1-2H3. The molecule has 0 fully saturated rings. The average molecular weight is 431 g/mol. The third-order valence-corrected chi connectivity index (χ3v) is 5.13. The first-order chi connectivity index (χ1) is 16.2. The number of rotatable bonds is 4. The maximum Gasteiger partial charge on any atom is 0.250 e. The number of hydrogen-bond donors (Lipinski definition) is 0. The highest BCUT2D eigenvalue weighted by Crippen LogP contribution is 2.19. The van der Waals surface area contributed by atoms with E-state index in [1.165, 1.54) is 0 Å². The van der Waals surface area contributed by atoms with Gasteiger partial charge in [-0.1, -0.05) is 30.2 Å². The Morgan fingerprint density at radius 1 is 0.788 bits per heavy atom. The number of hydrogen-bond acceptors (Lipinski definition) is 6. The number of aromatic nitrogens is 4. The number of nitrogens with zero attached hydrogens (tertiary/aromatic N) is 5. The predicted octanol–water partition coefficient (Wildman–Crippen LogP) is 4.62. The lowest BCUT2D eigenvalue weighted by Gasteiger charge is -2.11. The van der Waals surface area contributed by atoms with Crippen molar-refractivity contribution in [3.05, 3.63) is 95.9 Å². The zero-order chi connectivity index (χ0) is 22.6. The van der Waals surface area contributed by atoms with Crippen LogP contribution in [0.2, 0.25) is 0 Å².